The zero-order valence-corrected chi connectivity index (χ0v) is 22.7. The number of hydrogen-bond acceptors (Lipinski definition) is 6. The van der Waals surface area contributed by atoms with Gasteiger partial charge in [0.25, 0.3) is 5.56 Å². The van der Waals surface area contributed by atoms with Gasteiger partial charge in [-0.05, 0) is 64.8 Å². The topological polar surface area (TPSA) is 88.9 Å². The monoisotopic (exact) mass is 534 g/mol. The van der Waals surface area contributed by atoms with E-state index in [0.717, 1.165) is 47.9 Å². The summed E-state index contributed by atoms with van der Waals surface area (Å²) in [6, 6.07) is 28.4. The van der Waals surface area contributed by atoms with Crippen LogP contribution in [0.25, 0.3) is 10.9 Å². The number of nitrogens with zero attached hydrogens (tertiary/aromatic N) is 5. The molecule has 1 aliphatic heterocycles. The number of benzene rings is 3. The predicted molar refractivity (Wildman–Crippen MR) is 155 cm³/mol. The number of tetrazole rings is 1. The van der Waals surface area contributed by atoms with Crippen LogP contribution in [0.3, 0.4) is 0 Å². The molecule has 1 fully saturated rings. The van der Waals surface area contributed by atoms with Crippen molar-refractivity contribution in [3.63, 3.8) is 0 Å². The zero-order valence-electron chi connectivity index (χ0n) is 22.7. The number of fused-ring (bicyclic) bond motifs is 1. The third-order valence-electron chi connectivity index (χ3n) is 7.74. The van der Waals surface area contributed by atoms with Crippen LogP contribution in [-0.4, -0.2) is 49.3 Å². The molecule has 1 N–H and O–H groups in total. The maximum absolute atomic E-state index is 13.8. The van der Waals surface area contributed by atoms with Gasteiger partial charge in [-0.15, -0.1) is 5.10 Å². The summed E-state index contributed by atoms with van der Waals surface area (Å²) >= 11 is 0. The summed E-state index contributed by atoms with van der Waals surface area (Å²) < 4.78 is 7.76. The van der Waals surface area contributed by atoms with E-state index in [1.165, 1.54) is 5.56 Å². The molecular formula is C32H34N6O2. The Morgan fingerprint density at radius 3 is 2.55 bits per heavy atom. The number of aromatic nitrogens is 5. The van der Waals surface area contributed by atoms with Gasteiger partial charge in [-0.3, -0.25) is 9.69 Å². The molecule has 1 saturated heterocycles. The van der Waals surface area contributed by atoms with Crippen LogP contribution < -0.4 is 5.56 Å². The molecule has 2 aromatic heterocycles. The van der Waals surface area contributed by atoms with Gasteiger partial charge in [-0.1, -0.05) is 78.9 Å². The van der Waals surface area contributed by atoms with E-state index in [1.807, 2.05) is 60.1 Å². The van der Waals surface area contributed by atoms with Crippen LogP contribution in [-0.2, 0) is 24.2 Å². The second kappa shape index (κ2) is 11.9. The van der Waals surface area contributed by atoms with E-state index in [2.05, 4.69) is 61.8 Å². The fourth-order valence-electron chi connectivity index (χ4n) is 5.66. The Morgan fingerprint density at radius 2 is 1.80 bits per heavy atom. The highest BCUT2D eigenvalue weighted by Gasteiger charge is 2.32. The quantitative estimate of drug-likeness (QED) is 0.276. The average molecular weight is 535 g/mol. The molecule has 40 heavy (non-hydrogen) atoms. The Kier molecular flexibility index (Phi) is 7.79. The van der Waals surface area contributed by atoms with Gasteiger partial charge in [0.1, 0.15) is 6.04 Å². The molecule has 0 amide bonds. The highest BCUT2D eigenvalue weighted by molar-refractivity contribution is 5.82. The van der Waals surface area contributed by atoms with E-state index in [9.17, 15) is 4.79 Å². The number of hydrogen-bond donors (Lipinski definition) is 1. The molecule has 0 saturated carbocycles. The number of aromatic amines is 1. The Bertz CT molecular complexity index is 1610. The number of H-pyrrole nitrogens is 1. The van der Waals surface area contributed by atoms with Crippen molar-refractivity contribution in [3.8, 4) is 0 Å². The molecular weight excluding hydrogens is 500 g/mol. The summed E-state index contributed by atoms with van der Waals surface area (Å²) in [6.45, 7) is 4.67. The third kappa shape index (κ3) is 5.73. The van der Waals surface area contributed by atoms with Crippen LogP contribution in [0.15, 0.2) is 89.7 Å². The lowest BCUT2D eigenvalue weighted by molar-refractivity contribution is 0.0906. The van der Waals surface area contributed by atoms with Gasteiger partial charge in [-0.2, -0.15) is 0 Å². The molecule has 8 heteroatoms. The van der Waals surface area contributed by atoms with Gasteiger partial charge < -0.3 is 9.72 Å². The van der Waals surface area contributed by atoms with Crippen LogP contribution in [0.1, 0.15) is 47.0 Å². The van der Waals surface area contributed by atoms with Gasteiger partial charge in [0.05, 0.1) is 18.2 Å². The van der Waals surface area contributed by atoms with E-state index in [1.54, 1.807) is 0 Å². The smallest absolute Gasteiger partial charge is 0.253 e. The van der Waals surface area contributed by atoms with Gasteiger partial charge in [-0.25, -0.2) is 4.68 Å². The number of pyridine rings is 1. The number of aryl methyl sites for hydroxylation is 1. The lowest BCUT2D eigenvalue weighted by Gasteiger charge is -2.31. The summed E-state index contributed by atoms with van der Waals surface area (Å²) in [4.78, 5) is 19.3. The molecule has 8 nitrogen and oxygen atoms in total. The van der Waals surface area contributed by atoms with Gasteiger partial charge in [0.2, 0.25) is 0 Å². The molecule has 5 aromatic rings. The van der Waals surface area contributed by atoms with Crippen molar-refractivity contribution in [1.82, 2.24) is 30.1 Å². The molecule has 0 aliphatic carbocycles. The fourth-order valence-corrected chi connectivity index (χ4v) is 5.66. The molecule has 6 rings (SSSR count). The van der Waals surface area contributed by atoms with Crippen LogP contribution >= 0.6 is 0 Å². The Morgan fingerprint density at radius 1 is 1.02 bits per heavy atom. The molecule has 204 valence electrons. The van der Waals surface area contributed by atoms with Crippen LogP contribution in [0.2, 0.25) is 0 Å². The minimum absolute atomic E-state index is 0.0623. The SMILES string of the molecule is Cc1cccc2cc([C@@H](c3nnnn3C[C@@H]3CCCO3)N(CCc3ccccc3)Cc3ccccc3)c(=O)[nH]c12. The summed E-state index contributed by atoms with van der Waals surface area (Å²) in [5, 5.41) is 14.0. The van der Waals surface area contributed by atoms with Crippen LogP contribution in [0, 0.1) is 6.92 Å². The van der Waals surface area contributed by atoms with Crippen LogP contribution in [0.4, 0.5) is 0 Å². The second-order valence-corrected chi connectivity index (χ2v) is 10.5. The summed E-state index contributed by atoms with van der Waals surface area (Å²) in [5.41, 5.74) is 4.79. The maximum Gasteiger partial charge on any atom is 0.253 e. The highest BCUT2D eigenvalue weighted by atomic mass is 16.5. The van der Waals surface area contributed by atoms with Crippen molar-refractivity contribution in [3.05, 3.63) is 123 Å². The predicted octanol–water partition coefficient (Wildman–Crippen LogP) is 4.84. The highest BCUT2D eigenvalue weighted by Crippen LogP contribution is 2.30. The first kappa shape index (κ1) is 26.1. The Labute approximate surface area is 233 Å². The van der Waals surface area contributed by atoms with Crippen molar-refractivity contribution in [2.24, 2.45) is 0 Å². The lowest BCUT2D eigenvalue weighted by Crippen LogP contribution is -2.37. The third-order valence-corrected chi connectivity index (χ3v) is 7.74. The van der Waals surface area contributed by atoms with Crippen molar-refractivity contribution >= 4 is 10.9 Å². The summed E-state index contributed by atoms with van der Waals surface area (Å²) in [5.74, 6) is 0.650. The molecule has 0 radical (unpaired) electrons. The van der Waals surface area contributed by atoms with Gasteiger partial charge >= 0.3 is 0 Å². The van der Waals surface area contributed by atoms with Crippen LogP contribution in [0.5, 0.6) is 0 Å². The molecule has 0 spiro atoms. The normalized spacial score (nSPS) is 16.1. The minimum atomic E-state index is -0.464. The van der Waals surface area contributed by atoms with Crippen molar-refractivity contribution < 1.29 is 4.74 Å². The molecule has 0 unspecified atom stereocenters. The van der Waals surface area contributed by atoms with E-state index < -0.39 is 6.04 Å². The van der Waals surface area contributed by atoms with Crippen molar-refractivity contribution in [2.45, 2.75) is 51.4 Å². The first-order valence-electron chi connectivity index (χ1n) is 14.0. The second-order valence-electron chi connectivity index (χ2n) is 10.5. The standard InChI is InChI=1S/C32H34N6O2/c1-23-10-8-15-26-20-28(32(39)33-29(23)26)30(31-34-35-36-38(31)22-27-16-9-19-40-27)37(21-25-13-6-3-7-14-25)18-17-24-11-4-2-5-12-24/h2-8,10-15,20,27,30H,9,16-19,21-22H2,1H3,(H,33,39)/t27-,30-/m0/s1. The minimum Gasteiger partial charge on any atom is -0.376 e. The first-order chi connectivity index (χ1) is 19.7. The molecule has 3 heterocycles. The fraction of sp³-hybridized carbons (Fsp3) is 0.312. The summed E-state index contributed by atoms with van der Waals surface area (Å²) in [7, 11) is 0. The average Bonchev–Trinajstić information content (AvgIpc) is 3.67. The van der Waals surface area contributed by atoms with Crippen molar-refractivity contribution in [2.75, 3.05) is 13.2 Å². The lowest BCUT2D eigenvalue weighted by atomic mass is 10.0. The molecule has 0 bridgehead atoms. The van der Waals surface area contributed by atoms with Gasteiger partial charge in [0.15, 0.2) is 5.82 Å². The Balaban J connectivity index is 1.47. The Hall–Kier alpha value is -4.14. The van der Waals surface area contributed by atoms with E-state index in [4.69, 9.17) is 4.74 Å². The number of para-hydroxylation sites is 1. The largest absolute Gasteiger partial charge is 0.376 e. The van der Waals surface area contributed by atoms with E-state index in [0.29, 0.717) is 31.0 Å². The first-order valence-corrected chi connectivity index (χ1v) is 14.0. The van der Waals surface area contributed by atoms with Gasteiger partial charge in [0, 0.05) is 25.3 Å². The number of ether oxygens (including phenoxy) is 1. The number of nitrogens with one attached hydrogen (secondary N) is 1. The molecule has 3 aromatic carbocycles. The van der Waals surface area contributed by atoms with E-state index >= 15 is 0 Å². The van der Waals surface area contributed by atoms with E-state index in [-0.39, 0.29) is 11.7 Å². The van der Waals surface area contributed by atoms with Crippen molar-refractivity contribution in [1.29, 1.82) is 0 Å². The molecule has 2 atom stereocenters. The number of rotatable bonds is 10. The summed E-state index contributed by atoms with van der Waals surface area (Å²) in [6.07, 6.45) is 2.89. The maximum atomic E-state index is 13.8. The zero-order chi connectivity index (χ0) is 27.3. The molecule has 1 aliphatic rings.